The molecule has 2 aliphatic heterocycles. The molecule has 2 aliphatic rings. The van der Waals surface area contributed by atoms with Crippen molar-refractivity contribution in [2.24, 2.45) is 0 Å². The molecule has 1 aromatic heterocycles. The Balaban J connectivity index is 1.51. The molecule has 2 saturated heterocycles. The van der Waals surface area contributed by atoms with Gasteiger partial charge in [0.25, 0.3) is 5.91 Å². The van der Waals surface area contributed by atoms with E-state index in [2.05, 4.69) is 10.2 Å². The van der Waals surface area contributed by atoms with Gasteiger partial charge in [-0.2, -0.15) is 0 Å². The second-order valence-electron chi connectivity index (χ2n) is 8.41. The van der Waals surface area contributed by atoms with Crippen LogP contribution in [0.1, 0.15) is 54.8 Å². The minimum atomic E-state index is -0.638. The van der Waals surface area contributed by atoms with E-state index in [0.717, 1.165) is 50.6 Å². The number of carbonyl (C=O) groups is 1. The number of anilines is 2. The van der Waals surface area contributed by atoms with Crippen molar-refractivity contribution in [3.05, 3.63) is 41.9 Å². The third kappa shape index (κ3) is 4.63. The summed E-state index contributed by atoms with van der Waals surface area (Å²) in [7, 11) is 1.60. The Kier molecular flexibility index (Phi) is 6.01. The summed E-state index contributed by atoms with van der Waals surface area (Å²) in [4.78, 5) is 15.1. The van der Waals surface area contributed by atoms with E-state index < -0.39 is 5.60 Å². The van der Waals surface area contributed by atoms with Crippen LogP contribution in [0.4, 0.5) is 11.4 Å². The molecule has 7 heteroatoms. The first kappa shape index (κ1) is 20.8. The van der Waals surface area contributed by atoms with Gasteiger partial charge < -0.3 is 29.2 Å². The number of hydrogen-bond donors (Lipinski definition) is 2. The number of methoxy groups -OCH3 is 1. The Hall–Kier alpha value is -2.51. The lowest BCUT2D eigenvalue weighted by atomic mass is 9.93. The van der Waals surface area contributed by atoms with Gasteiger partial charge in [-0.05, 0) is 56.9 Å². The first-order chi connectivity index (χ1) is 14.4. The Morgan fingerprint density at radius 1 is 1.20 bits per heavy atom. The van der Waals surface area contributed by atoms with Gasteiger partial charge in [0.1, 0.15) is 11.5 Å². The van der Waals surface area contributed by atoms with Crippen molar-refractivity contribution in [2.75, 3.05) is 43.6 Å². The summed E-state index contributed by atoms with van der Waals surface area (Å²) >= 11 is 0. The maximum atomic E-state index is 12.9. The van der Waals surface area contributed by atoms with E-state index in [-0.39, 0.29) is 5.91 Å². The highest BCUT2D eigenvalue weighted by molar-refractivity contribution is 6.04. The minimum absolute atomic E-state index is 0.285. The topological polar surface area (TPSA) is 84.2 Å². The molecular formula is C23H30N2O5. The maximum Gasteiger partial charge on any atom is 0.291 e. The van der Waals surface area contributed by atoms with E-state index in [1.165, 1.54) is 0 Å². The molecule has 4 rings (SSSR count). The molecule has 162 valence electrons. The minimum Gasteiger partial charge on any atom is -0.497 e. The standard InChI is InChI=1S/C23H30N2O5/c1-23(27)9-11-25(12-10-23)19-4-3-17(28-2)15-18(19)24-22(26)21-6-5-20(30-21)16-7-13-29-14-8-16/h3-6,15-16,27H,7-14H2,1-2H3,(H,24,26). The number of carbonyl (C=O) groups excluding carboxylic acids is 1. The summed E-state index contributed by atoms with van der Waals surface area (Å²) in [6.45, 7) is 4.76. The van der Waals surface area contributed by atoms with Crippen molar-refractivity contribution in [1.29, 1.82) is 0 Å². The predicted octanol–water partition coefficient (Wildman–Crippen LogP) is 3.79. The lowest BCUT2D eigenvalue weighted by molar-refractivity contribution is 0.0351. The zero-order chi connectivity index (χ0) is 21.1. The van der Waals surface area contributed by atoms with Gasteiger partial charge in [0.15, 0.2) is 5.76 Å². The monoisotopic (exact) mass is 414 g/mol. The quantitative estimate of drug-likeness (QED) is 0.775. The van der Waals surface area contributed by atoms with Crippen LogP contribution in [0.25, 0.3) is 0 Å². The summed E-state index contributed by atoms with van der Waals surface area (Å²) in [6, 6.07) is 9.28. The number of benzene rings is 1. The zero-order valence-electron chi connectivity index (χ0n) is 17.6. The van der Waals surface area contributed by atoms with E-state index in [0.29, 0.717) is 36.0 Å². The van der Waals surface area contributed by atoms with Crippen molar-refractivity contribution in [2.45, 2.75) is 44.1 Å². The van der Waals surface area contributed by atoms with Crippen LogP contribution >= 0.6 is 0 Å². The average Bonchev–Trinajstić information content (AvgIpc) is 3.25. The summed E-state index contributed by atoms with van der Waals surface area (Å²) in [5, 5.41) is 13.3. The highest BCUT2D eigenvalue weighted by Gasteiger charge is 2.29. The number of amides is 1. The van der Waals surface area contributed by atoms with Gasteiger partial charge in [-0.1, -0.05) is 0 Å². The normalized spacial score (nSPS) is 19.5. The zero-order valence-corrected chi connectivity index (χ0v) is 17.6. The molecule has 0 atom stereocenters. The Labute approximate surface area is 177 Å². The lowest BCUT2D eigenvalue weighted by Crippen LogP contribution is -2.42. The van der Waals surface area contributed by atoms with Crippen LogP contribution in [0.15, 0.2) is 34.7 Å². The highest BCUT2D eigenvalue weighted by atomic mass is 16.5. The molecule has 0 bridgehead atoms. The maximum absolute atomic E-state index is 12.9. The summed E-state index contributed by atoms with van der Waals surface area (Å²) in [5.74, 6) is 1.82. The van der Waals surface area contributed by atoms with E-state index in [4.69, 9.17) is 13.9 Å². The van der Waals surface area contributed by atoms with Crippen molar-refractivity contribution < 1.29 is 23.8 Å². The SMILES string of the molecule is COc1ccc(N2CCC(C)(O)CC2)c(NC(=O)c2ccc(C3CCOCC3)o2)c1. The smallest absolute Gasteiger partial charge is 0.291 e. The van der Waals surface area contributed by atoms with E-state index in [9.17, 15) is 9.90 Å². The van der Waals surface area contributed by atoms with Crippen LogP contribution in [0.2, 0.25) is 0 Å². The lowest BCUT2D eigenvalue weighted by Gasteiger charge is -2.38. The van der Waals surface area contributed by atoms with E-state index >= 15 is 0 Å². The summed E-state index contributed by atoms with van der Waals surface area (Å²) in [5.41, 5.74) is 0.946. The van der Waals surface area contributed by atoms with Gasteiger partial charge in [-0.3, -0.25) is 4.79 Å². The van der Waals surface area contributed by atoms with Gasteiger partial charge in [-0.15, -0.1) is 0 Å². The second kappa shape index (κ2) is 8.70. The predicted molar refractivity (Wildman–Crippen MR) is 115 cm³/mol. The van der Waals surface area contributed by atoms with Gasteiger partial charge in [0.2, 0.25) is 0 Å². The van der Waals surface area contributed by atoms with Crippen molar-refractivity contribution in [1.82, 2.24) is 0 Å². The number of furan rings is 1. The van der Waals surface area contributed by atoms with Gasteiger partial charge in [-0.25, -0.2) is 0 Å². The third-order valence-electron chi connectivity index (χ3n) is 6.11. The Bertz CT molecular complexity index is 875. The molecule has 1 aromatic carbocycles. The summed E-state index contributed by atoms with van der Waals surface area (Å²) in [6.07, 6.45) is 3.18. The van der Waals surface area contributed by atoms with Crippen LogP contribution in [-0.4, -0.2) is 50.0 Å². The number of nitrogens with one attached hydrogen (secondary N) is 1. The number of rotatable bonds is 5. The fourth-order valence-corrected chi connectivity index (χ4v) is 4.11. The molecule has 2 N–H and O–H groups in total. The number of hydrogen-bond acceptors (Lipinski definition) is 6. The fraction of sp³-hybridized carbons (Fsp3) is 0.522. The molecule has 0 unspecified atom stereocenters. The molecular weight excluding hydrogens is 384 g/mol. The molecule has 0 aliphatic carbocycles. The molecule has 0 spiro atoms. The van der Waals surface area contributed by atoms with Crippen molar-refractivity contribution >= 4 is 17.3 Å². The van der Waals surface area contributed by atoms with Gasteiger partial charge >= 0.3 is 0 Å². The molecule has 7 nitrogen and oxygen atoms in total. The van der Waals surface area contributed by atoms with Crippen LogP contribution in [-0.2, 0) is 4.74 Å². The van der Waals surface area contributed by atoms with Crippen LogP contribution in [0.3, 0.4) is 0 Å². The molecule has 2 fully saturated rings. The number of piperidine rings is 1. The van der Waals surface area contributed by atoms with Gasteiger partial charge in [0, 0.05) is 38.3 Å². The van der Waals surface area contributed by atoms with Crippen molar-refractivity contribution in [3.8, 4) is 5.75 Å². The fourth-order valence-electron chi connectivity index (χ4n) is 4.11. The van der Waals surface area contributed by atoms with Crippen LogP contribution in [0.5, 0.6) is 5.75 Å². The number of nitrogens with zero attached hydrogens (tertiary/aromatic N) is 1. The largest absolute Gasteiger partial charge is 0.497 e. The number of aliphatic hydroxyl groups is 1. The van der Waals surface area contributed by atoms with E-state index in [1.807, 2.05) is 31.2 Å². The van der Waals surface area contributed by atoms with Crippen LogP contribution in [0, 0.1) is 0 Å². The van der Waals surface area contributed by atoms with Crippen LogP contribution < -0.4 is 15.0 Å². The summed E-state index contributed by atoms with van der Waals surface area (Å²) < 4.78 is 16.6. The average molecular weight is 415 g/mol. The van der Waals surface area contributed by atoms with Crippen molar-refractivity contribution in [3.63, 3.8) is 0 Å². The molecule has 3 heterocycles. The van der Waals surface area contributed by atoms with Gasteiger partial charge in [0.05, 0.1) is 24.1 Å². The molecule has 30 heavy (non-hydrogen) atoms. The first-order valence-electron chi connectivity index (χ1n) is 10.6. The van der Waals surface area contributed by atoms with E-state index in [1.54, 1.807) is 13.2 Å². The highest BCUT2D eigenvalue weighted by Crippen LogP contribution is 2.35. The molecule has 2 aromatic rings. The second-order valence-corrected chi connectivity index (χ2v) is 8.41. The third-order valence-corrected chi connectivity index (χ3v) is 6.11. The molecule has 0 saturated carbocycles. The number of ether oxygens (including phenoxy) is 2. The Morgan fingerprint density at radius 3 is 2.63 bits per heavy atom. The first-order valence-corrected chi connectivity index (χ1v) is 10.6. The molecule has 1 amide bonds. The molecule has 0 radical (unpaired) electrons. The Morgan fingerprint density at radius 2 is 1.93 bits per heavy atom.